The number of aromatic nitrogens is 1. The van der Waals surface area contributed by atoms with E-state index in [1.54, 1.807) is 12.1 Å². The van der Waals surface area contributed by atoms with Gasteiger partial charge in [0.05, 0.1) is 0 Å². The Labute approximate surface area is 66.5 Å². The van der Waals surface area contributed by atoms with E-state index in [0.717, 1.165) is 0 Å². The quantitative estimate of drug-likeness (QED) is 0.617. The highest BCUT2D eigenvalue weighted by atomic mass is 32.1. The molecule has 1 rings (SSSR count). The zero-order valence-electron chi connectivity index (χ0n) is 5.43. The van der Waals surface area contributed by atoms with Gasteiger partial charge in [0.2, 0.25) is 11.5 Å². The Kier molecular flexibility index (Phi) is 2.62. The molecule has 0 saturated carbocycles. The van der Waals surface area contributed by atoms with Gasteiger partial charge in [-0.2, -0.15) is 4.21 Å². The Hall–Kier alpha value is -1.36. The Morgan fingerprint density at radius 2 is 2.36 bits per heavy atom. The smallest absolute Gasteiger partial charge is 0.264 e. The molecule has 0 spiro atoms. The third kappa shape index (κ3) is 2.05. The normalized spacial score (nSPS) is 8.73. The maximum Gasteiger partial charge on any atom is 0.308 e. The molecule has 0 saturated heterocycles. The topological polar surface area (TPSA) is 59.4 Å². The van der Waals surface area contributed by atoms with Gasteiger partial charge in [-0.3, -0.25) is 9.78 Å². The van der Waals surface area contributed by atoms with Crippen molar-refractivity contribution in [2.24, 2.45) is 4.36 Å². The standard InChI is InChI=1S/C6H4N2O2S/c9-6(8-11-10)5-3-1-2-4-7-5/h1-4H. The van der Waals surface area contributed by atoms with Gasteiger partial charge in [0.15, 0.2) is 0 Å². The van der Waals surface area contributed by atoms with E-state index in [9.17, 15) is 9.00 Å². The van der Waals surface area contributed by atoms with Crippen LogP contribution in [0.5, 0.6) is 0 Å². The van der Waals surface area contributed by atoms with Crippen LogP contribution >= 0.6 is 0 Å². The first-order chi connectivity index (χ1) is 5.34. The molecule has 0 aliphatic heterocycles. The Balaban J connectivity index is 2.94. The van der Waals surface area contributed by atoms with E-state index in [1.165, 1.54) is 12.3 Å². The van der Waals surface area contributed by atoms with E-state index < -0.39 is 5.91 Å². The van der Waals surface area contributed by atoms with Crippen molar-refractivity contribution in [3.8, 4) is 0 Å². The average molecular weight is 168 g/mol. The van der Waals surface area contributed by atoms with Gasteiger partial charge in [-0.1, -0.05) is 6.07 Å². The van der Waals surface area contributed by atoms with E-state index in [-0.39, 0.29) is 17.2 Å². The summed E-state index contributed by atoms with van der Waals surface area (Å²) < 4.78 is 12.9. The molecule has 0 aliphatic carbocycles. The summed E-state index contributed by atoms with van der Waals surface area (Å²) in [5.41, 5.74) is 0.191. The van der Waals surface area contributed by atoms with Crippen molar-refractivity contribution in [1.29, 1.82) is 0 Å². The van der Waals surface area contributed by atoms with Gasteiger partial charge in [0, 0.05) is 6.20 Å². The van der Waals surface area contributed by atoms with Crippen molar-refractivity contribution < 1.29 is 9.00 Å². The van der Waals surface area contributed by atoms with Crippen molar-refractivity contribution in [3.63, 3.8) is 0 Å². The number of hydrogen-bond donors (Lipinski definition) is 0. The Morgan fingerprint density at radius 1 is 1.55 bits per heavy atom. The number of hydrogen-bond acceptors (Lipinski definition) is 3. The fraction of sp³-hybridized carbons (Fsp3) is 0. The molecule has 0 unspecified atom stereocenters. The summed E-state index contributed by atoms with van der Waals surface area (Å²) in [5, 5.41) is 0. The van der Waals surface area contributed by atoms with Crippen molar-refractivity contribution in [3.05, 3.63) is 30.1 Å². The summed E-state index contributed by atoms with van der Waals surface area (Å²) in [6.07, 6.45) is 1.47. The monoisotopic (exact) mass is 168 g/mol. The van der Waals surface area contributed by atoms with Crippen LogP contribution in [-0.2, 0) is 11.5 Å². The zero-order chi connectivity index (χ0) is 8.10. The van der Waals surface area contributed by atoms with Crippen LogP contribution in [0.25, 0.3) is 0 Å². The molecule has 11 heavy (non-hydrogen) atoms. The molecule has 0 aromatic carbocycles. The second kappa shape index (κ2) is 3.72. The number of carbonyl (C=O) groups is 1. The molecule has 1 aromatic rings. The van der Waals surface area contributed by atoms with Crippen LogP contribution in [0.15, 0.2) is 28.8 Å². The highest BCUT2D eigenvalue weighted by Crippen LogP contribution is 1.94. The van der Waals surface area contributed by atoms with Crippen LogP contribution in [0.2, 0.25) is 0 Å². The van der Waals surface area contributed by atoms with Crippen LogP contribution in [0.4, 0.5) is 0 Å². The summed E-state index contributed by atoms with van der Waals surface area (Å²) in [6.45, 7) is 0. The van der Waals surface area contributed by atoms with Gasteiger partial charge in [0.25, 0.3) is 0 Å². The van der Waals surface area contributed by atoms with Gasteiger partial charge in [-0.25, -0.2) is 0 Å². The number of rotatable bonds is 1. The van der Waals surface area contributed by atoms with E-state index >= 15 is 0 Å². The average Bonchev–Trinajstić information content (AvgIpc) is 2.07. The molecule has 0 bridgehead atoms. The van der Waals surface area contributed by atoms with E-state index in [0.29, 0.717) is 0 Å². The molecule has 0 aliphatic rings. The molecule has 1 heterocycles. The van der Waals surface area contributed by atoms with Gasteiger partial charge in [-0.15, -0.1) is 4.36 Å². The molecule has 0 atom stereocenters. The molecule has 1 aromatic heterocycles. The molecular formula is C6H4N2O2S. The first-order valence-corrected chi connectivity index (χ1v) is 3.50. The molecular weight excluding hydrogens is 164 g/mol. The lowest BCUT2D eigenvalue weighted by molar-refractivity contribution is 0.100. The Morgan fingerprint density at radius 3 is 2.91 bits per heavy atom. The molecule has 1 amide bonds. The second-order valence-corrected chi connectivity index (χ2v) is 2.02. The first-order valence-electron chi connectivity index (χ1n) is 2.80. The molecule has 0 fully saturated rings. The minimum Gasteiger partial charge on any atom is -0.264 e. The first kappa shape index (κ1) is 7.74. The fourth-order valence-electron chi connectivity index (χ4n) is 0.570. The predicted molar refractivity (Wildman–Crippen MR) is 39.1 cm³/mol. The van der Waals surface area contributed by atoms with Gasteiger partial charge in [-0.05, 0) is 12.1 Å². The summed E-state index contributed by atoms with van der Waals surface area (Å²) in [4.78, 5) is 14.5. The summed E-state index contributed by atoms with van der Waals surface area (Å²) in [6, 6.07) is 4.84. The van der Waals surface area contributed by atoms with Gasteiger partial charge >= 0.3 is 5.91 Å². The SMILES string of the molecule is O=S=NC(=O)c1ccccn1. The lowest BCUT2D eigenvalue weighted by atomic mass is 10.3. The van der Waals surface area contributed by atoms with E-state index in [2.05, 4.69) is 9.35 Å². The zero-order valence-corrected chi connectivity index (χ0v) is 6.25. The maximum atomic E-state index is 10.8. The molecule has 4 nitrogen and oxygen atoms in total. The van der Waals surface area contributed by atoms with Crippen LogP contribution < -0.4 is 0 Å². The molecule has 0 N–H and O–H groups in total. The van der Waals surface area contributed by atoms with Crippen LogP contribution in [0, 0.1) is 0 Å². The fourth-order valence-corrected chi connectivity index (χ4v) is 0.731. The lowest BCUT2D eigenvalue weighted by Gasteiger charge is -1.87. The minimum absolute atomic E-state index is 0.110. The highest BCUT2D eigenvalue weighted by molar-refractivity contribution is 7.55. The Bertz CT molecular complexity index is 306. The number of carbonyl (C=O) groups excluding carboxylic acids is 1. The van der Waals surface area contributed by atoms with Crippen LogP contribution in [0.3, 0.4) is 0 Å². The molecule has 5 heteroatoms. The minimum atomic E-state index is -0.592. The summed E-state index contributed by atoms with van der Waals surface area (Å²) >= 11 is -0.110. The predicted octanol–water partition coefficient (Wildman–Crippen LogP) is 0.618. The van der Waals surface area contributed by atoms with Crippen molar-refractivity contribution in [2.75, 3.05) is 0 Å². The highest BCUT2D eigenvalue weighted by Gasteiger charge is 2.02. The van der Waals surface area contributed by atoms with Crippen LogP contribution in [0.1, 0.15) is 10.5 Å². The van der Waals surface area contributed by atoms with E-state index in [1.807, 2.05) is 0 Å². The second-order valence-electron chi connectivity index (χ2n) is 1.69. The molecule has 0 radical (unpaired) electrons. The lowest BCUT2D eigenvalue weighted by Crippen LogP contribution is -1.95. The van der Waals surface area contributed by atoms with Crippen molar-refractivity contribution in [2.45, 2.75) is 0 Å². The third-order valence-corrected chi connectivity index (χ3v) is 1.24. The van der Waals surface area contributed by atoms with Crippen molar-refractivity contribution >= 4 is 17.4 Å². The summed E-state index contributed by atoms with van der Waals surface area (Å²) in [5.74, 6) is -0.592. The largest absolute Gasteiger partial charge is 0.308 e. The number of pyridine rings is 1. The summed E-state index contributed by atoms with van der Waals surface area (Å²) in [7, 11) is 0. The van der Waals surface area contributed by atoms with Gasteiger partial charge in [0.1, 0.15) is 5.69 Å². The third-order valence-electron chi connectivity index (χ3n) is 1.00. The number of amides is 1. The van der Waals surface area contributed by atoms with Crippen molar-refractivity contribution in [1.82, 2.24) is 4.98 Å². The van der Waals surface area contributed by atoms with Crippen LogP contribution in [-0.4, -0.2) is 15.1 Å². The van der Waals surface area contributed by atoms with E-state index in [4.69, 9.17) is 0 Å². The van der Waals surface area contributed by atoms with Gasteiger partial charge < -0.3 is 0 Å². The molecule has 56 valence electrons. The number of nitrogens with zero attached hydrogens (tertiary/aromatic N) is 2. The maximum absolute atomic E-state index is 10.8.